The zero-order valence-corrected chi connectivity index (χ0v) is 16.9. The normalized spacial score (nSPS) is 17.0. The Labute approximate surface area is 168 Å². The molecule has 1 amide bonds. The maximum absolute atomic E-state index is 12.6. The van der Waals surface area contributed by atoms with Gasteiger partial charge in [-0.3, -0.25) is 9.69 Å². The second-order valence-electron chi connectivity index (χ2n) is 5.61. The van der Waals surface area contributed by atoms with Crippen LogP contribution in [-0.2, 0) is 4.79 Å². The molecule has 2 aromatic rings. The Morgan fingerprint density at radius 2 is 2.07 bits per heavy atom. The van der Waals surface area contributed by atoms with Crippen LogP contribution in [0.4, 0.5) is 5.69 Å². The summed E-state index contributed by atoms with van der Waals surface area (Å²) in [5.74, 6) is -0.556. The molecule has 2 aromatic carbocycles. The number of likely N-dealkylation sites (N-methyl/N-ethyl adjacent to an activating group) is 1. The number of amidine groups is 1. The van der Waals surface area contributed by atoms with Crippen LogP contribution in [-0.4, -0.2) is 41.2 Å². The van der Waals surface area contributed by atoms with Gasteiger partial charge in [0, 0.05) is 17.1 Å². The molecule has 1 aliphatic rings. The number of hydrogen-bond donors (Lipinski definition) is 1. The van der Waals surface area contributed by atoms with E-state index in [1.54, 1.807) is 32.4 Å². The molecule has 1 heterocycles. The Bertz CT molecular complexity index is 987. The van der Waals surface area contributed by atoms with Crippen molar-refractivity contribution in [3.05, 3.63) is 63.0 Å². The molecule has 0 atom stereocenters. The topological polar surface area (TPSA) is 79.2 Å². The van der Waals surface area contributed by atoms with E-state index >= 15 is 0 Å². The van der Waals surface area contributed by atoms with Gasteiger partial charge >= 0.3 is 5.97 Å². The molecule has 3 rings (SSSR count). The molecule has 8 heteroatoms. The lowest BCUT2D eigenvalue weighted by atomic mass is 10.2. The molecule has 0 radical (unpaired) electrons. The summed E-state index contributed by atoms with van der Waals surface area (Å²) in [5, 5.41) is 9.57. The highest BCUT2D eigenvalue weighted by molar-refractivity contribution is 9.10. The number of aliphatic imine (C=N–C) groups is 1. The smallest absolute Gasteiger partial charge is 0.335 e. The molecular weight excluding hydrogens is 432 g/mol. The van der Waals surface area contributed by atoms with E-state index in [0.29, 0.717) is 21.5 Å². The molecular formula is C19H15BrN2O4S. The molecule has 6 nitrogen and oxygen atoms in total. The number of carboxylic acids is 1. The number of carbonyl (C=O) groups is 2. The molecule has 1 saturated heterocycles. The first-order chi connectivity index (χ1) is 12.9. The highest BCUT2D eigenvalue weighted by Gasteiger charge is 2.30. The van der Waals surface area contributed by atoms with Gasteiger partial charge in [-0.15, -0.1) is 0 Å². The maximum atomic E-state index is 12.6. The molecule has 27 heavy (non-hydrogen) atoms. The van der Waals surface area contributed by atoms with Gasteiger partial charge in [-0.25, -0.2) is 9.79 Å². The summed E-state index contributed by atoms with van der Waals surface area (Å²) >= 11 is 4.64. The highest BCUT2D eigenvalue weighted by atomic mass is 79.9. The average molecular weight is 447 g/mol. The molecule has 1 fully saturated rings. The van der Waals surface area contributed by atoms with Gasteiger partial charge < -0.3 is 9.84 Å². The van der Waals surface area contributed by atoms with Crippen LogP contribution in [0.25, 0.3) is 6.08 Å². The predicted molar refractivity (Wildman–Crippen MR) is 110 cm³/mol. The van der Waals surface area contributed by atoms with Crippen LogP contribution in [0.15, 0.2) is 56.8 Å². The van der Waals surface area contributed by atoms with Crippen molar-refractivity contribution in [1.82, 2.24) is 4.90 Å². The van der Waals surface area contributed by atoms with Gasteiger partial charge in [0.15, 0.2) is 5.17 Å². The lowest BCUT2D eigenvalue weighted by Crippen LogP contribution is -2.23. The molecule has 0 aromatic heterocycles. The number of halogens is 1. The molecule has 0 unspecified atom stereocenters. The quantitative estimate of drug-likeness (QED) is 0.704. The number of thioether (sulfide) groups is 1. The van der Waals surface area contributed by atoms with Gasteiger partial charge in [0.2, 0.25) is 0 Å². The molecule has 1 aliphatic heterocycles. The third kappa shape index (κ3) is 4.23. The Kier molecular flexibility index (Phi) is 5.67. The second-order valence-corrected chi connectivity index (χ2v) is 7.54. The van der Waals surface area contributed by atoms with Crippen LogP contribution in [0, 0.1) is 0 Å². The Hall–Kier alpha value is -2.58. The van der Waals surface area contributed by atoms with Crippen LogP contribution in [0.3, 0.4) is 0 Å². The molecule has 0 spiro atoms. The molecule has 138 valence electrons. The fourth-order valence-electron chi connectivity index (χ4n) is 2.43. The Balaban J connectivity index is 1.95. The van der Waals surface area contributed by atoms with Crippen molar-refractivity contribution in [3.63, 3.8) is 0 Å². The van der Waals surface area contributed by atoms with Gasteiger partial charge in [0.1, 0.15) is 5.75 Å². The van der Waals surface area contributed by atoms with E-state index in [-0.39, 0.29) is 11.5 Å². The number of benzene rings is 2. The van der Waals surface area contributed by atoms with E-state index in [1.807, 2.05) is 18.2 Å². The van der Waals surface area contributed by atoms with E-state index in [9.17, 15) is 9.59 Å². The van der Waals surface area contributed by atoms with Gasteiger partial charge in [-0.05, 0) is 54.2 Å². The summed E-state index contributed by atoms with van der Waals surface area (Å²) in [5.41, 5.74) is 1.38. The minimum atomic E-state index is -1.03. The summed E-state index contributed by atoms with van der Waals surface area (Å²) in [7, 11) is 3.21. The first-order valence-corrected chi connectivity index (χ1v) is 9.43. The van der Waals surface area contributed by atoms with Gasteiger partial charge in [0.25, 0.3) is 5.91 Å². The second kappa shape index (κ2) is 7.98. The van der Waals surface area contributed by atoms with Crippen molar-refractivity contribution < 1.29 is 19.4 Å². The van der Waals surface area contributed by atoms with Crippen molar-refractivity contribution >= 4 is 56.5 Å². The van der Waals surface area contributed by atoms with Crippen LogP contribution in [0.5, 0.6) is 5.75 Å². The standard InChI is InChI=1S/C19H15BrN2O4S/c1-22-17(23)16(10-12-8-13(20)6-7-15(12)26-2)27-19(22)21-14-5-3-4-11(9-14)18(24)25/h3-10H,1-2H3,(H,24,25)/b16-10-,21-19?. The number of aromatic carboxylic acids is 1. The number of carboxylic acid groups (broad SMARTS) is 1. The summed E-state index contributed by atoms with van der Waals surface area (Å²) in [6.07, 6.45) is 1.75. The first kappa shape index (κ1) is 19.2. The number of amides is 1. The number of carbonyl (C=O) groups excluding carboxylic acids is 1. The number of nitrogens with zero attached hydrogens (tertiary/aromatic N) is 2. The van der Waals surface area contributed by atoms with E-state index in [1.165, 1.54) is 28.8 Å². The lowest BCUT2D eigenvalue weighted by Gasteiger charge is -2.07. The van der Waals surface area contributed by atoms with Crippen molar-refractivity contribution in [2.75, 3.05) is 14.2 Å². The third-order valence-electron chi connectivity index (χ3n) is 3.80. The zero-order valence-electron chi connectivity index (χ0n) is 14.5. The fraction of sp³-hybridized carbons (Fsp3) is 0.105. The van der Waals surface area contributed by atoms with Gasteiger partial charge in [-0.2, -0.15) is 0 Å². The minimum absolute atomic E-state index is 0.142. The Morgan fingerprint density at radius 3 is 2.78 bits per heavy atom. The largest absolute Gasteiger partial charge is 0.496 e. The van der Waals surface area contributed by atoms with Crippen molar-refractivity contribution in [2.24, 2.45) is 4.99 Å². The number of hydrogen-bond acceptors (Lipinski definition) is 5. The number of ether oxygens (including phenoxy) is 1. The molecule has 0 bridgehead atoms. The Morgan fingerprint density at radius 1 is 1.30 bits per heavy atom. The fourth-order valence-corrected chi connectivity index (χ4v) is 3.79. The van der Waals surface area contributed by atoms with Crippen LogP contribution in [0.2, 0.25) is 0 Å². The van der Waals surface area contributed by atoms with Crippen LogP contribution < -0.4 is 4.74 Å². The summed E-state index contributed by atoms with van der Waals surface area (Å²) in [6, 6.07) is 11.8. The molecule has 0 aliphatic carbocycles. The van der Waals surface area contributed by atoms with Gasteiger partial charge in [-0.1, -0.05) is 22.0 Å². The summed E-state index contributed by atoms with van der Waals surface area (Å²) in [4.78, 5) is 30.1. The average Bonchev–Trinajstić information content (AvgIpc) is 2.90. The zero-order chi connectivity index (χ0) is 19.6. The van der Waals surface area contributed by atoms with E-state index < -0.39 is 5.97 Å². The SMILES string of the molecule is COc1ccc(Br)cc1/C=C1\SC(=Nc2cccc(C(=O)O)c2)N(C)C1=O. The maximum Gasteiger partial charge on any atom is 0.335 e. The predicted octanol–water partition coefficient (Wildman–Crippen LogP) is 4.39. The highest BCUT2D eigenvalue weighted by Crippen LogP contribution is 2.35. The first-order valence-electron chi connectivity index (χ1n) is 7.82. The van der Waals surface area contributed by atoms with Gasteiger partial charge in [0.05, 0.1) is 23.3 Å². The lowest BCUT2D eigenvalue weighted by molar-refractivity contribution is -0.121. The molecule has 1 N–H and O–H groups in total. The third-order valence-corrected chi connectivity index (χ3v) is 5.35. The number of methoxy groups -OCH3 is 1. The summed E-state index contributed by atoms with van der Waals surface area (Å²) in [6.45, 7) is 0. The van der Waals surface area contributed by atoms with E-state index in [4.69, 9.17) is 9.84 Å². The van der Waals surface area contributed by atoms with E-state index in [0.717, 1.165) is 10.0 Å². The van der Waals surface area contributed by atoms with Crippen LogP contribution >= 0.6 is 27.7 Å². The monoisotopic (exact) mass is 446 g/mol. The van der Waals surface area contributed by atoms with Crippen LogP contribution in [0.1, 0.15) is 15.9 Å². The van der Waals surface area contributed by atoms with Crippen molar-refractivity contribution in [3.8, 4) is 5.75 Å². The van der Waals surface area contributed by atoms with Crippen molar-refractivity contribution in [2.45, 2.75) is 0 Å². The number of rotatable bonds is 4. The molecule has 0 saturated carbocycles. The van der Waals surface area contributed by atoms with E-state index in [2.05, 4.69) is 20.9 Å². The summed E-state index contributed by atoms with van der Waals surface area (Å²) < 4.78 is 6.22. The minimum Gasteiger partial charge on any atom is -0.496 e. The van der Waals surface area contributed by atoms with Crippen molar-refractivity contribution in [1.29, 1.82) is 0 Å².